The molecule has 0 spiro atoms. The van der Waals surface area contributed by atoms with Gasteiger partial charge in [0.2, 0.25) is 17.7 Å². The van der Waals surface area contributed by atoms with Gasteiger partial charge in [-0.2, -0.15) is 0 Å². The Morgan fingerprint density at radius 1 is 1.04 bits per heavy atom. The highest BCUT2D eigenvalue weighted by atomic mass is 16.2. The molecule has 140 valence electrons. The molecule has 0 atom stereocenters. The number of amides is 3. The summed E-state index contributed by atoms with van der Waals surface area (Å²) >= 11 is 0. The van der Waals surface area contributed by atoms with Crippen molar-refractivity contribution in [2.24, 2.45) is 5.73 Å². The predicted octanol–water partition coefficient (Wildman–Crippen LogP) is 2.35. The number of carbonyl (C=O) groups is 3. The summed E-state index contributed by atoms with van der Waals surface area (Å²) in [6.45, 7) is 0.821. The number of primary amides is 1. The predicted molar refractivity (Wildman–Crippen MR) is 105 cm³/mol. The summed E-state index contributed by atoms with van der Waals surface area (Å²) in [7, 11) is 0. The molecule has 1 saturated heterocycles. The Kier molecular flexibility index (Phi) is 5.71. The molecule has 7 heteroatoms. The van der Waals surface area contributed by atoms with Crippen LogP contribution >= 0.6 is 0 Å². The average molecular weight is 366 g/mol. The lowest BCUT2D eigenvalue weighted by Gasteiger charge is -2.26. The molecule has 0 saturated carbocycles. The first-order valence-corrected chi connectivity index (χ1v) is 8.87. The smallest absolute Gasteiger partial charge is 0.248 e. The van der Waals surface area contributed by atoms with E-state index in [1.165, 1.54) is 6.07 Å². The van der Waals surface area contributed by atoms with E-state index in [0.29, 0.717) is 17.7 Å². The summed E-state index contributed by atoms with van der Waals surface area (Å²) in [6, 6.07) is 13.9. The zero-order valence-electron chi connectivity index (χ0n) is 14.9. The van der Waals surface area contributed by atoms with E-state index in [1.807, 2.05) is 24.3 Å². The van der Waals surface area contributed by atoms with Crippen molar-refractivity contribution in [1.82, 2.24) is 0 Å². The van der Waals surface area contributed by atoms with Gasteiger partial charge < -0.3 is 21.3 Å². The number of nitrogens with two attached hydrogens (primary N) is 1. The largest absolute Gasteiger partial charge is 0.376 e. The molecule has 0 aromatic heterocycles. The molecule has 3 amide bonds. The summed E-state index contributed by atoms with van der Waals surface area (Å²) in [5.74, 6) is -0.636. The standard InChI is InChI=1S/C20H22N4O3/c21-20(27)14-4-3-5-16(12-14)23-18(25)13-22-15-7-9-17(10-8-15)24-11-2-1-6-19(24)26/h3-5,7-10,12,22H,1-2,6,11,13H2,(H2,21,27)(H,23,25). The van der Waals surface area contributed by atoms with E-state index >= 15 is 0 Å². The maximum absolute atomic E-state index is 12.1. The van der Waals surface area contributed by atoms with Crippen LogP contribution in [-0.2, 0) is 9.59 Å². The molecule has 0 radical (unpaired) electrons. The molecule has 1 fully saturated rings. The first-order valence-electron chi connectivity index (χ1n) is 8.87. The van der Waals surface area contributed by atoms with E-state index in [9.17, 15) is 14.4 Å². The second-order valence-electron chi connectivity index (χ2n) is 6.40. The van der Waals surface area contributed by atoms with Crippen LogP contribution in [0.4, 0.5) is 17.1 Å². The van der Waals surface area contributed by atoms with Crippen LogP contribution in [0.1, 0.15) is 29.6 Å². The number of hydrogen-bond acceptors (Lipinski definition) is 4. The van der Waals surface area contributed by atoms with Gasteiger partial charge in [0, 0.05) is 35.6 Å². The molecule has 1 aliphatic rings. The van der Waals surface area contributed by atoms with Crippen LogP contribution in [0.3, 0.4) is 0 Å². The number of nitrogens with one attached hydrogen (secondary N) is 2. The van der Waals surface area contributed by atoms with Gasteiger partial charge in [0.25, 0.3) is 0 Å². The Hall–Kier alpha value is -3.35. The van der Waals surface area contributed by atoms with Crippen molar-refractivity contribution in [1.29, 1.82) is 0 Å². The molecule has 2 aromatic rings. The number of anilines is 3. The summed E-state index contributed by atoms with van der Waals surface area (Å²) in [5.41, 5.74) is 7.74. The van der Waals surface area contributed by atoms with Gasteiger partial charge >= 0.3 is 0 Å². The molecule has 2 aromatic carbocycles. The van der Waals surface area contributed by atoms with Gasteiger partial charge in [0.15, 0.2) is 0 Å². The molecule has 0 unspecified atom stereocenters. The first-order chi connectivity index (χ1) is 13.0. The van der Waals surface area contributed by atoms with Crippen molar-refractivity contribution < 1.29 is 14.4 Å². The Bertz CT molecular complexity index is 849. The van der Waals surface area contributed by atoms with Crippen LogP contribution in [0.15, 0.2) is 48.5 Å². The summed E-state index contributed by atoms with van der Waals surface area (Å²) in [4.78, 5) is 37.0. The van der Waals surface area contributed by atoms with Crippen molar-refractivity contribution in [3.63, 3.8) is 0 Å². The summed E-state index contributed by atoms with van der Waals surface area (Å²) < 4.78 is 0. The van der Waals surface area contributed by atoms with Crippen LogP contribution in [-0.4, -0.2) is 30.8 Å². The third kappa shape index (κ3) is 4.84. The van der Waals surface area contributed by atoms with Gasteiger partial charge in [0.1, 0.15) is 0 Å². The molecule has 4 N–H and O–H groups in total. The third-order valence-corrected chi connectivity index (χ3v) is 4.39. The van der Waals surface area contributed by atoms with Gasteiger partial charge in [-0.1, -0.05) is 6.07 Å². The highest BCUT2D eigenvalue weighted by Crippen LogP contribution is 2.22. The lowest BCUT2D eigenvalue weighted by molar-refractivity contribution is -0.119. The normalized spacial score (nSPS) is 13.9. The van der Waals surface area contributed by atoms with E-state index in [2.05, 4.69) is 10.6 Å². The zero-order chi connectivity index (χ0) is 19.2. The van der Waals surface area contributed by atoms with Crippen LogP contribution in [0.25, 0.3) is 0 Å². The average Bonchev–Trinajstić information content (AvgIpc) is 2.67. The van der Waals surface area contributed by atoms with Crippen molar-refractivity contribution in [2.75, 3.05) is 28.6 Å². The topological polar surface area (TPSA) is 105 Å². The Labute approximate surface area is 157 Å². The number of rotatable bonds is 6. The van der Waals surface area contributed by atoms with Crippen molar-refractivity contribution in [3.8, 4) is 0 Å². The van der Waals surface area contributed by atoms with E-state index < -0.39 is 5.91 Å². The zero-order valence-corrected chi connectivity index (χ0v) is 14.9. The number of carbonyl (C=O) groups excluding carboxylic acids is 3. The fraction of sp³-hybridized carbons (Fsp3) is 0.250. The molecule has 0 bridgehead atoms. The van der Waals surface area contributed by atoms with Gasteiger partial charge in [-0.25, -0.2) is 0 Å². The van der Waals surface area contributed by atoms with E-state index in [0.717, 1.165) is 30.8 Å². The van der Waals surface area contributed by atoms with Crippen LogP contribution in [0.5, 0.6) is 0 Å². The van der Waals surface area contributed by atoms with Crippen molar-refractivity contribution in [3.05, 3.63) is 54.1 Å². The number of benzene rings is 2. The van der Waals surface area contributed by atoms with E-state index in [-0.39, 0.29) is 18.4 Å². The maximum Gasteiger partial charge on any atom is 0.248 e. The fourth-order valence-corrected chi connectivity index (χ4v) is 2.98. The highest BCUT2D eigenvalue weighted by Gasteiger charge is 2.19. The minimum atomic E-state index is -0.545. The monoisotopic (exact) mass is 366 g/mol. The minimum absolute atomic E-state index is 0.0722. The molecular formula is C20H22N4O3. The fourth-order valence-electron chi connectivity index (χ4n) is 2.98. The first kappa shape index (κ1) is 18.4. The lowest BCUT2D eigenvalue weighted by Crippen LogP contribution is -2.35. The molecule has 1 heterocycles. The van der Waals surface area contributed by atoms with Crippen LogP contribution < -0.4 is 21.3 Å². The molecule has 3 rings (SSSR count). The number of nitrogens with zero attached hydrogens (tertiary/aromatic N) is 1. The molecule has 27 heavy (non-hydrogen) atoms. The van der Waals surface area contributed by atoms with Crippen molar-refractivity contribution in [2.45, 2.75) is 19.3 Å². The van der Waals surface area contributed by atoms with Crippen LogP contribution in [0, 0.1) is 0 Å². The summed E-state index contributed by atoms with van der Waals surface area (Å²) in [6.07, 6.45) is 2.56. The van der Waals surface area contributed by atoms with Gasteiger partial charge in [-0.15, -0.1) is 0 Å². The quantitative estimate of drug-likeness (QED) is 0.730. The summed E-state index contributed by atoms with van der Waals surface area (Å²) in [5, 5.41) is 5.75. The Morgan fingerprint density at radius 2 is 1.81 bits per heavy atom. The molecule has 7 nitrogen and oxygen atoms in total. The number of hydrogen-bond donors (Lipinski definition) is 3. The second-order valence-corrected chi connectivity index (χ2v) is 6.40. The van der Waals surface area contributed by atoms with Gasteiger partial charge in [-0.05, 0) is 55.3 Å². The second kappa shape index (κ2) is 8.35. The third-order valence-electron chi connectivity index (χ3n) is 4.39. The van der Waals surface area contributed by atoms with Crippen LogP contribution in [0.2, 0.25) is 0 Å². The highest BCUT2D eigenvalue weighted by molar-refractivity contribution is 5.97. The van der Waals surface area contributed by atoms with E-state index in [4.69, 9.17) is 5.73 Å². The van der Waals surface area contributed by atoms with Gasteiger partial charge in [0.05, 0.1) is 6.54 Å². The van der Waals surface area contributed by atoms with Crippen molar-refractivity contribution >= 4 is 34.8 Å². The minimum Gasteiger partial charge on any atom is -0.376 e. The Balaban J connectivity index is 1.53. The molecular weight excluding hydrogens is 344 g/mol. The number of piperidine rings is 1. The Morgan fingerprint density at radius 3 is 2.52 bits per heavy atom. The van der Waals surface area contributed by atoms with E-state index in [1.54, 1.807) is 23.1 Å². The molecule has 1 aliphatic heterocycles. The molecule has 0 aliphatic carbocycles. The SMILES string of the molecule is NC(=O)c1cccc(NC(=O)CNc2ccc(N3CCCCC3=O)cc2)c1. The maximum atomic E-state index is 12.1. The lowest BCUT2D eigenvalue weighted by atomic mass is 10.1. The van der Waals surface area contributed by atoms with Gasteiger partial charge in [-0.3, -0.25) is 14.4 Å².